The van der Waals surface area contributed by atoms with Gasteiger partial charge in [-0.15, -0.1) is 0 Å². The first-order valence-electron chi connectivity index (χ1n) is 8.93. The van der Waals surface area contributed by atoms with Gasteiger partial charge in [-0.3, -0.25) is 19.1 Å². The molecular weight excluding hydrogens is 348 g/mol. The highest BCUT2D eigenvalue weighted by molar-refractivity contribution is 8.00. The van der Waals surface area contributed by atoms with Gasteiger partial charge in [-0.2, -0.15) is 0 Å². The molecule has 1 aromatic heterocycles. The number of aromatic nitrogens is 2. The Kier molecular flexibility index (Phi) is 6.83. The van der Waals surface area contributed by atoms with E-state index in [0.717, 1.165) is 6.54 Å². The molecule has 1 amide bonds. The summed E-state index contributed by atoms with van der Waals surface area (Å²) in [5, 5.41) is 0.664. The molecule has 0 bridgehead atoms. The van der Waals surface area contributed by atoms with Gasteiger partial charge in [-0.25, -0.2) is 4.98 Å². The normalized spacial score (nSPS) is 13.1. The lowest BCUT2D eigenvalue weighted by atomic mass is 10.2. The number of primary amides is 1. The zero-order valence-corrected chi connectivity index (χ0v) is 16.9. The maximum absolute atomic E-state index is 13.0. The third-order valence-corrected chi connectivity index (χ3v) is 5.53. The molecule has 1 heterocycles. The molecule has 2 N–H and O–H groups in total. The van der Waals surface area contributed by atoms with Gasteiger partial charge in [0, 0.05) is 25.2 Å². The van der Waals surface area contributed by atoms with Crippen molar-refractivity contribution >= 4 is 28.6 Å². The molecule has 0 fully saturated rings. The maximum atomic E-state index is 13.0. The third-order valence-electron chi connectivity index (χ3n) is 4.42. The minimum Gasteiger partial charge on any atom is -0.369 e. The average Bonchev–Trinajstić information content (AvgIpc) is 2.56. The molecule has 0 saturated carbocycles. The van der Waals surface area contributed by atoms with Gasteiger partial charge in [0.15, 0.2) is 5.16 Å². The van der Waals surface area contributed by atoms with Gasteiger partial charge >= 0.3 is 0 Å². The summed E-state index contributed by atoms with van der Waals surface area (Å²) in [6.07, 6.45) is 0. The van der Waals surface area contributed by atoms with Crippen LogP contribution in [0.15, 0.2) is 34.2 Å². The van der Waals surface area contributed by atoms with Crippen molar-refractivity contribution < 1.29 is 4.79 Å². The molecule has 0 aliphatic rings. The zero-order valence-electron chi connectivity index (χ0n) is 16.1. The van der Waals surface area contributed by atoms with Crippen LogP contribution in [-0.4, -0.2) is 44.2 Å². The Bertz CT molecular complexity index is 824. The highest BCUT2D eigenvalue weighted by Gasteiger charge is 2.19. The summed E-state index contributed by atoms with van der Waals surface area (Å²) in [6, 6.07) is 8.04. The van der Waals surface area contributed by atoms with Crippen molar-refractivity contribution in [2.45, 2.75) is 63.7 Å². The monoisotopic (exact) mass is 376 g/mol. The van der Waals surface area contributed by atoms with E-state index in [2.05, 4.69) is 37.6 Å². The summed E-state index contributed by atoms with van der Waals surface area (Å²) in [7, 11) is 0. The van der Waals surface area contributed by atoms with E-state index in [9.17, 15) is 9.59 Å². The molecule has 0 radical (unpaired) electrons. The van der Waals surface area contributed by atoms with Crippen molar-refractivity contribution in [3.8, 4) is 0 Å². The topological polar surface area (TPSA) is 81.2 Å². The van der Waals surface area contributed by atoms with E-state index in [1.807, 2.05) is 18.2 Å². The molecule has 6 nitrogen and oxygen atoms in total. The van der Waals surface area contributed by atoms with Crippen LogP contribution in [0.5, 0.6) is 0 Å². The Morgan fingerprint density at radius 2 is 1.81 bits per heavy atom. The second-order valence-corrected chi connectivity index (χ2v) is 8.26. The number of hydrogen-bond donors (Lipinski definition) is 1. The molecule has 0 spiro atoms. The Labute approximate surface area is 158 Å². The number of carbonyl (C=O) groups is 1. The summed E-state index contributed by atoms with van der Waals surface area (Å²) in [4.78, 5) is 31.5. The van der Waals surface area contributed by atoms with Crippen LogP contribution in [0.1, 0.15) is 34.6 Å². The number of amides is 1. The van der Waals surface area contributed by atoms with E-state index >= 15 is 0 Å². The van der Waals surface area contributed by atoms with Gasteiger partial charge in [0.05, 0.1) is 16.2 Å². The predicted octanol–water partition coefficient (Wildman–Crippen LogP) is 2.48. The predicted molar refractivity (Wildman–Crippen MR) is 107 cm³/mol. The molecule has 2 aromatic rings. The summed E-state index contributed by atoms with van der Waals surface area (Å²) in [6.45, 7) is 11.6. The lowest BCUT2D eigenvalue weighted by Crippen LogP contribution is -2.40. The third kappa shape index (κ3) is 4.65. The Morgan fingerprint density at radius 1 is 1.19 bits per heavy atom. The van der Waals surface area contributed by atoms with Crippen LogP contribution >= 0.6 is 11.8 Å². The lowest BCUT2D eigenvalue weighted by molar-refractivity contribution is -0.117. The molecular formula is C19H28N4O2S. The fourth-order valence-corrected chi connectivity index (χ4v) is 3.86. The Hall–Kier alpha value is -1.86. The smallest absolute Gasteiger partial charge is 0.262 e. The van der Waals surface area contributed by atoms with Crippen molar-refractivity contribution in [1.82, 2.24) is 14.5 Å². The number of nitrogens with zero attached hydrogens (tertiary/aromatic N) is 3. The zero-order chi connectivity index (χ0) is 19.4. The van der Waals surface area contributed by atoms with E-state index in [4.69, 9.17) is 5.73 Å². The van der Waals surface area contributed by atoms with E-state index in [0.29, 0.717) is 34.7 Å². The van der Waals surface area contributed by atoms with Crippen LogP contribution in [0.4, 0.5) is 0 Å². The van der Waals surface area contributed by atoms with Crippen LogP contribution in [0.3, 0.4) is 0 Å². The molecule has 0 aliphatic carbocycles. The number of nitrogens with two attached hydrogens (primary N) is 1. The van der Waals surface area contributed by atoms with Crippen molar-refractivity contribution in [3.63, 3.8) is 0 Å². The van der Waals surface area contributed by atoms with Crippen LogP contribution in [0.25, 0.3) is 10.9 Å². The molecule has 0 aliphatic heterocycles. The van der Waals surface area contributed by atoms with E-state index in [1.165, 1.54) is 11.8 Å². The summed E-state index contributed by atoms with van der Waals surface area (Å²) in [5.74, 6) is -0.421. The number of para-hydroxylation sites is 1. The Balaban J connectivity index is 2.45. The van der Waals surface area contributed by atoms with E-state index < -0.39 is 11.2 Å². The minimum absolute atomic E-state index is 0.0813. The van der Waals surface area contributed by atoms with Crippen molar-refractivity contribution in [2.24, 2.45) is 5.73 Å². The molecule has 26 heavy (non-hydrogen) atoms. The Morgan fingerprint density at radius 3 is 2.38 bits per heavy atom. The van der Waals surface area contributed by atoms with Gasteiger partial charge in [-0.05, 0) is 46.8 Å². The maximum Gasteiger partial charge on any atom is 0.262 e. The van der Waals surface area contributed by atoms with E-state index in [1.54, 1.807) is 17.6 Å². The van der Waals surface area contributed by atoms with Crippen LogP contribution < -0.4 is 11.3 Å². The summed E-state index contributed by atoms with van der Waals surface area (Å²) >= 11 is 1.23. The van der Waals surface area contributed by atoms with Crippen LogP contribution in [0, 0.1) is 0 Å². The first-order chi connectivity index (χ1) is 12.2. The second-order valence-electron chi connectivity index (χ2n) is 6.96. The van der Waals surface area contributed by atoms with Crippen LogP contribution in [-0.2, 0) is 11.3 Å². The van der Waals surface area contributed by atoms with Crippen LogP contribution in [0.2, 0.25) is 0 Å². The molecule has 7 heteroatoms. The van der Waals surface area contributed by atoms with Gasteiger partial charge < -0.3 is 5.73 Å². The molecule has 1 aromatic carbocycles. The number of rotatable bonds is 8. The highest BCUT2D eigenvalue weighted by Crippen LogP contribution is 2.22. The summed E-state index contributed by atoms with van der Waals surface area (Å²) < 4.78 is 1.67. The minimum atomic E-state index is -0.458. The number of hydrogen-bond acceptors (Lipinski definition) is 5. The quantitative estimate of drug-likeness (QED) is 0.565. The summed E-state index contributed by atoms with van der Waals surface area (Å²) in [5.41, 5.74) is 5.96. The second kappa shape index (κ2) is 8.68. The molecule has 0 unspecified atom stereocenters. The standard InChI is InChI=1S/C19H28N4O2S/c1-12(2)22(13(3)4)10-11-23-18(25)15-8-6-7-9-16(15)21-19(23)26-14(5)17(20)24/h6-9,12-14H,10-11H2,1-5H3,(H2,20,24)/t14-/m1/s1. The van der Waals surface area contributed by atoms with Crippen molar-refractivity contribution in [2.75, 3.05) is 6.54 Å². The fourth-order valence-electron chi connectivity index (χ4n) is 2.98. The largest absolute Gasteiger partial charge is 0.369 e. The van der Waals surface area contributed by atoms with Crippen molar-refractivity contribution in [1.29, 1.82) is 0 Å². The molecule has 0 saturated heterocycles. The number of thioether (sulfide) groups is 1. The average molecular weight is 377 g/mol. The van der Waals surface area contributed by atoms with Crippen molar-refractivity contribution in [3.05, 3.63) is 34.6 Å². The highest BCUT2D eigenvalue weighted by atomic mass is 32.2. The first kappa shape index (κ1) is 20.5. The van der Waals surface area contributed by atoms with Gasteiger partial charge in [-0.1, -0.05) is 23.9 Å². The number of carbonyl (C=O) groups excluding carboxylic acids is 1. The molecule has 142 valence electrons. The van der Waals surface area contributed by atoms with Gasteiger partial charge in [0.25, 0.3) is 5.56 Å². The first-order valence-corrected chi connectivity index (χ1v) is 9.81. The number of benzene rings is 1. The number of fused-ring (bicyclic) bond motifs is 1. The SMILES string of the molecule is CC(C)N(CCn1c(S[C@H](C)C(N)=O)nc2ccccc2c1=O)C(C)C. The molecule has 2 rings (SSSR count). The van der Waals surface area contributed by atoms with Gasteiger partial charge in [0.1, 0.15) is 0 Å². The lowest BCUT2D eigenvalue weighted by Gasteiger charge is -2.31. The van der Waals surface area contributed by atoms with E-state index in [-0.39, 0.29) is 5.56 Å². The fraction of sp³-hybridized carbons (Fsp3) is 0.526. The van der Waals surface area contributed by atoms with Gasteiger partial charge in [0.2, 0.25) is 5.91 Å². The molecule has 1 atom stereocenters.